The Morgan fingerprint density at radius 2 is 1.49 bits per heavy atom. The van der Waals surface area contributed by atoms with Crippen LogP contribution in [0.25, 0.3) is 63.4 Å². The number of carbonyl (C=O) groups is 1. The van der Waals surface area contributed by atoms with Crippen LogP contribution in [0.4, 0.5) is 0 Å². The van der Waals surface area contributed by atoms with Crippen molar-refractivity contribution in [1.29, 1.82) is 0 Å². The molecule has 2 aromatic heterocycles. The first-order chi connectivity index (χ1) is 23.0. The summed E-state index contributed by atoms with van der Waals surface area (Å²) in [6.07, 6.45) is 7.95. The van der Waals surface area contributed by atoms with Crippen LogP contribution in [0, 0.1) is 30.2 Å². The quantitative estimate of drug-likeness (QED) is 0.0545. The van der Waals surface area contributed by atoms with E-state index in [-0.39, 0.29) is 48.9 Å². The summed E-state index contributed by atoms with van der Waals surface area (Å²) in [6, 6.07) is 23.9. The molecule has 0 amide bonds. The minimum Gasteiger partial charge on any atom is -0.512 e. The van der Waals surface area contributed by atoms with Crippen molar-refractivity contribution in [2.24, 2.45) is 17.3 Å². The van der Waals surface area contributed by atoms with Crippen molar-refractivity contribution in [1.82, 2.24) is 4.98 Å². The van der Waals surface area contributed by atoms with Crippen molar-refractivity contribution in [3.05, 3.63) is 89.8 Å². The standard InChI is InChI=1S/C31H24NS.C13H24O2.Ir/c1-17-18-12-13-32-30-24-15-27-23(19-8-5-6-11-26(19)33-27)14-22(24)20-9-7-10-21(28(20)29(18)30)25(17)16-31(2,3)4;1-5-10(6-2)12(14)9-13(15)11(7-3)8-4;/h5-14H,16H2,1-4H3;9-11,14H,5-8H2,1-4H3;/q-1;;/b;12-9-;. The summed E-state index contributed by atoms with van der Waals surface area (Å²) in [6.45, 7) is 17.4. The number of rotatable bonds is 8. The fourth-order valence-corrected chi connectivity index (χ4v) is 8.60. The number of hydrogen-bond acceptors (Lipinski definition) is 4. The van der Waals surface area contributed by atoms with Gasteiger partial charge in [-0.05, 0) is 105 Å². The van der Waals surface area contributed by atoms with Crippen LogP contribution in [0.5, 0.6) is 0 Å². The van der Waals surface area contributed by atoms with E-state index in [9.17, 15) is 9.90 Å². The van der Waals surface area contributed by atoms with E-state index in [4.69, 9.17) is 4.98 Å². The second-order valence-electron chi connectivity index (χ2n) is 14.5. The van der Waals surface area contributed by atoms with Crippen LogP contribution in [-0.2, 0) is 31.3 Å². The van der Waals surface area contributed by atoms with E-state index in [0.717, 1.165) is 43.0 Å². The molecule has 5 aromatic carbocycles. The van der Waals surface area contributed by atoms with Crippen molar-refractivity contribution in [3.8, 4) is 0 Å². The van der Waals surface area contributed by atoms with E-state index < -0.39 is 0 Å². The van der Waals surface area contributed by atoms with Gasteiger partial charge in [0.1, 0.15) is 0 Å². The van der Waals surface area contributed by atoms with Crippen molar-refractivity contribution in [2.45, 2.75) is 87.5 Å². The summed E-state index contributed by atoms with van der Waals surface area (Å²) < 4.78 is 2.53. The molecule has 257 valence electrons. The van der Waals surface area contributed by atoms with Gasteiger partial charge in [0.05, 0.1) is 5.76 Å². The largest absolute Gasteiger partial charge is 0.512 e. The molecule has 0 fully saturated rings. The number of benzene rings is 5. The second kappa shape index (κ2) is 14.9. The van der Waals surface area contributed by atoms with E-state index in [1.54, 1.807) is 0 Å². The number of ketones is 1. The Morgan fingerprint density at radius 3 is 2.16 bits per heavy atom. The molecule has 0 saturated heterocycles. The number of allylic oxidation sites excluding steroid dienone is 2. The van der Waals surface area contributed by atoms with Gasteiger partial charge in [0.15, 0.2) is 5.78 Å². The van der Waals surface area contributed by atoms with Gasteiger partial charge in [-0.1, -0.05) is 101 Å². The maximum Gasteiger partial charge on any atom is 0.162 e. The summed E-state index contributed by atoms with van der Waals surface area (Å²) >= 11 is 1.83. The maximum absolute atomic E-state index is 11.7. The van der Waals surface area contributed by atoms with Crippen LogP contribution in [0.3, 0.4) is 0 Å². The number of aryl methyl sites for hydroxylation is 1. The van der Waals surface area contributed by atoms with Crippen LogP contribution in [0.15, 0.2) is 72.6 Å². The van der Waals surface area contributed by atoms with Gasteiger partial charge in [-0.15, -0.1) is 17.5 Å². The fraction of sp³-hybridized carbons (Fsp3) is 0.364. The molecule has 0 atom stereocenters. The van der Waals surface area contributed by atoms with E-state index in [1.807, 2.05) is 45.2 Å². The van der Waals surface area contributed by atoms with Gasteiger partial charge in [-0.25, -0.2) is 0 Å². The summed E-state index contributed by atoms with van der Waals surface area (Å²) in [5.74, 6) is 0.547. The van der Waals surface area contributed by atoms with Gasteiger partial charge >= 0.3 is 0 Å². The van der Waals surface area contributed by atoms with Crippen molar-refractivity contribution < 1.29 is 30.0 Å². The molecule has 0 bridgehead atoms. The van der Waals surface area contributed by atoms with Crippen LogP contribution in [-0.4, -0.2) is 15.9 Å². The molecular formula is C44H48IrNO2S-. The summed E-state index contributed by atoms with van der Waals surface area (Å²) in [5.41, 5.74) is 4.16. The Labute approximate surface area is 308 Å². The Hall–Kier alpha value is -3.37. The van der Waals surface area contributed by atoms with E-state index in [0.29, 0.717) is 0 Å². The number of aliphatic hydroxyl groups excluding tert-OH is 1. The third kappa shape index (κ3) is 6.87. The zero-order valence-electron chi connectivity index (χ0n) is 30.1. The van der Waals surface area contributed by atoms with Crippen molar-refractivity contribution in [3.63, 3.8) is 0 Å². The third-order valence-electron chi connectivity index (χ3n) is 10.2. The smallest absolute Gasteiger partial charge is 0.162 e. The molecule has 0 unspecified atom stereocenters. The molecule has 2 heterocycles. The Kier molecular flexibility index (Phi) is 11.2. The van der Waals surface area contributed by atoms with Crippen molar-refractivity contribution >= 4 is 80.5 Å². The SMILES string of the molecule is CCC(CC)C(=O)/C=C(\O)C(CC)CC.Cc1c(CC(C)(C)C)c2cccc3c4cc5c([c-]c4c4nccc1c4c23)sc1ccccc15.[Ir]. The normalized spacial score (nSPS) is 12.6. The van der Waals surface area contributed by atoms with Crippen LogP contribution >= 0.6 is 11.3 Å². The topological polar surface area (TPSA) is 50.2 Å². The maximum atomic E-state index is 11.7. The first-order valence-electron chi connectivity index (χ1n) is 17.7. The van der Waals surface area contributed by atoms with E-state index >= 15 is 0 Å². The fourth-order valence-electron chi connectivity index (χ4n) is 7.51. The van der Waals surface area contributed by atoms with Crippen LogP contribution in [0.1, 0.15) is 85.3 Å². The molecule has 7 aromatic rings. The van der Waals surface area contributed by atoms with Gasteiger partial charge in [-0.3, -0.25) is 4.79 Å². The van der Waals surface area contributed by atoms with E-state index in [2.05, 4.69) is 88.4 Å². The molecule has 5 heteroatoms. The molecule has 0 aliphatic carbocycles. The Bertz CT molecular complexity index is 2300. The van der Waals surface area contributed by atoms with E-state index in [1.165, 1.54) is 69.7 Å². The molecule has 1 N–H and O–H groups in total. The third-order valence-corrected chi connectivity index (χ3v) is 11.3. The summed E-state index contributed by atoms with van der Waals surface area (Å²) in [4.78, 5) is 16.7. The number of hydrogen-bond donors (Lipinski definition) is 1. The van der Waals surface area contributed by atoms with Gasteiger partial charge < -0.3 is 10.1 Å². The number of nitrogens with zero attached hydrogens (tertiary/aromatic N) is 1. The summed E-state index contributed by atoms with van der Waals surface area (Å²) in [5, 5.41) is 21.5. The second-order valence-corrected chi connectivity index (χ2v) is 15.6. The number of aromatic nitrogens is 1. The molecule has 3 nitrogen and oxygen atoms in total. The van der Waals surface area contributed by atoms with Gasteiger partial charge in [0.2, 0.25) is 0 Å². The molecule has 1 radical (unpaired) electrons. The number of carbonyl (C=O) groups excluding carboxylic acids is 1. The number of thiophene rings is 1. The molecule has 0 saturated carbocycles. The van der Waals surface area contributed by atoms with Crippen LogP contribution < -0.4 is 0 Å². The molecule has 7 rings (SSSR count). The molecule has 0 aliphatic rings. The predicted octanol–water partition coefficient (Wildman–Crippen LogP) is 13.1. The zero-order valence-corrected chi connectivity index (χ0v) is 33.3. The number of fused-ring (bicyclic) bond motifs is 6. The zero-order chi connectivity index (χ0) is 34.3. The minimum atomic E-state index is 0. The van der Waals surface area contributed by atoms with Gasteiger partial charge in [-0.2, -0.15) is 11.3 Å². The number of aliphatic hydroxyl groups is 1. The monoisotopic (exact) mass is 847 g/mol. The Balaban J connectivity index is 0.000000252. The average molecular weight is 847 g/mol. The predicted molar refractivity (Wildman–Crippen MR) is 209 cm³/mol. The van der Waals surface area contributed by atoms with Crippen molar-refractivity contribution in [2.75, 3.05) is 0 Å². The van der Waals surface area contributed by atoms with Crippen LogP contribution in [0.2, 0.25) is 0 Å². The Morgan fingerprint density at radius 1 is 0.837 bits per heavy atom. The molecule has 0 aliphatic heterocycles. The average Bonchev–Trinajstić information content (AvgIpc) is 3.44. The minimum absolute atomic E-state index is 0. The van der Waals surface area contributed by atoms with Gasteiger partial charge in [0, 0.05) is 48.9 Å². The van der Waals surface area contributed by atoms with Gasteiger partial charge in [0.25, 0.3) is 0 Å². The molecule has 0 spiro atoms. The molecular weight excluding hydrogens is 799 g/mol. The molecule has 49 heavy (non-hydrogen) atoms. The first kappa shape index (κ1) is 36.9. The summed E-state index contributed by atoms with van der Waals surface area (Å²) in [7, 11) is 0. The first-order valence-corrected chi connectivity index (χ1v) is 18.5. The number of pyridine rings is 1.